The van der Waals surface area contributed by atoms with Crippen molar-refractivity contribution in [2.75, 3.05) is 0 Å². The highest BCUT2D eigenvalue weighted by Gasteiger charge is 2.00. The lowest BCUT2D eigenvalue weighted by molar-refractivity contribution is 0.528. The summed E-state index contributed by atoms with van der Waals surface area (Å²) in [6.07, 6.45) is 3.73. The van der Waals surface area contributed by atoms with Gasteiger partial charge in [0.15, 0.2) is 0 Å². The molecule has 3 nitrogen and oxygen atoms in total. The highest BCUT2D eigenvalue weighted by Crippen LogP contribution is 1.99. The Hall–Kier alpha value is -1.30. The van der Waals surface area contributed by atoms with E-state index in [0.717, 1.165) is 5.56 Å². The van der Waals surface area contributed by atoms with Gasteiger partial charge < -0.3 is 0 Å². The number of hydrogen-bond donors (Lipinski definition) is 0. The van der Waals surface area contributed by atoms with E-state index in [9.17, 15) is 0 Å². The molecule has 1 rings (SSSR count). The Bertz CT molecular complexity index is 270. The first kappa shape index (κ1) is 11.7. The normalized spacial score (nSPS) is 11.0. The summed E-state index contributed by atoms with van der Waals surface area (Å²) in [5, 5.41) is 12.6. The topological polar surface area (TPSA) is 41.6 Å². The van der Waals surface area contributed by atoms with Crippen LogP contribution in [0.3, 0.4) is 0 Å². The zero-order chi connectivity index (χ0) is 10.3. The second-order valence-electron chi connectivity index (χ2n) is 2.77. The van der Waals surface area contributed by atoms with Gasteiger partial charge in [-0.2, -0.15) is 10.4 Å². The largest absolute Gasteiger partial charge is 0.271 e. The van der Waals surface area contributed by atoms with Gasteiger partial charge in [0.1, 0.15) is 0 Å². The lowest BCUT2D eigenvalue weighted by Crippen LogP contribution is -2.05. The zero-order valence-electron chi connectivity index (χ0n) is 8.78. The van der Waals surface area contributed by atoms with Crippen molar-refractivity contribution in [3.05, 3.63) is 18.0 Å². The van der Waals surface area contributed by atoms with E-state index in [-0.39, 0.29) is 5.92 Å². The van der Waals surface area contributed by atoms with Crippen LogP contribution >= 0.6 is 0 Å². The minimum atomic E-state index is 0.0364. The Balaban J connectivity index is 0.000000671. The molecule has 0 radical (unpaired) electrons. The summed E-state index contributed by atoms with van der Waals surface area (Å²) in [7, 11) is 0. The molecule has 0 aliphatic carbocycles. The fraction of sp³-hybridized carbons (Fsp3) is 0.600. The van der Waals surface area contributed by atoms with Crippen molar-refractivity contribution in [3.63, 3.8) is 0 Å². The van der Waals surface area contributed by atoms with Gasteiger partial charge in [0, 0.05) is 6.20 Å². The van der Waals surface area contributed by atoms with Crippen LogP contribution in [0, 0.1) is 24.2 Å². The number of aromatic nitrogens is 2. The zero-order valence-corrected chi connectivity index (χ0v) is 8.78. The van der Waals surface area contributed by atoms with Gasteiger partial charge in [-0.05, 0) is 19.4 Å². The van der Waals surface area contributed by atoms with Crippen LogP contribution in [0.1, 0.15) is 26.3 Å². The average molecular weight is 179 g/mol. The highest BCUT2D eigenvalue weighted by atomic mass is 15.3. The van der Waals surface area contributed by atoms with Crippen molar-refractivity contribution in [1.82, 2.24) is 9.78 Å². The molecular weight excluding hydrogens is 162 g/mol. The molecule has 1 atom stereocenters. The molecule has 0 aliphatic heterocycles. The molecule has 1 unspecified atom stereocenters. The second kappa shape index (κ2) is 6.24. The first-order valence-electron chi connectivity index (χ1n) is 4.61. The molecule has 1 heterocycles. The quantitative estimate of drug-likeness (QED) is 0.699. The molecule has 0 saturated heterocycles. The number of hydrogen-bond acceptors (Lipinski definition) is 2. The number of rotatable bonds is 2. The molecule has 3 heteroatoms. The van der Waals surface area contributed by atoms with Gasteiger partial charge in [-0.3, -0.25) is 4.68 Å². The minimum absolute atomic E-state index is 0.0364. The summed E-state index contributed by atoms with van der Waals surface area (Å²) in [4.78, 5) is 0. The van der Waals surface area contributed by atoms with E-state index in [4.69, 9.17) is 5.26 Å². The molecule has 0 bridgehead atoms. The third-order valence-electron chi connectivity index (χ3n) is 1.44. The summed E-state index contributed by atoms with van der Waals surface area (Å²) in [6, 6.07) is 2.16. The standard InChI is InChI=1S/C8H11N3.C2H6/c1-7(3-9)5-11-6-8(2)4-10-11;1-2/h4,6-7H,5H2,1-2H3;1-2H3. The van der Waals surface area contributed by atoms with E-state index in [0.29, 0.717) is 6.54 Å². The Kier molecular flexibility index (Phi) is 5.62. The summed E-state index contributed by atoms with van der Waals surface area (Å²) in [6.45, 7) is 8.56. The van der Waals surface area contributed by atoms with Gasteiger partial charge in [-0.15, -0.1) is 0 Å². The molecule has 0 saturated carbocycles. The smallest absolute Gasteiger partial charge is 0.0672 e. The maximum Gasteiger partial charge on any atom is 0.0672 e. The Morgan fingerprint density at radius 2 is 2.23 bits per heavy atom. The van der Waals surface area contributed by atoms with Gasteiger partial charge in [0.25, 0.3) is 0 Å². The minimum Gasteiger partial charge on any atom is -0.271 e. The van der Waals surface area contributed by atoms with E-state index in [1.807, 2.05) is 33.9 Å². The van der Waals surface area contributed by atoms with Gasteiger partial charge in [-0.25, -0.2) is 0 Å². The van der Waals surface area contributed by atoms with Crippen LogP contribution in [0.25, 0.3) is 0 Å². The third kappa shape index (κ3) is 4.32. The van der Waals surface area contributed by atoms with E-state index >= 15 is 0 Å². The third-order valence-corrected chi connectivity index (χ3v) is 1.44. The molecule has 0 aromatic carbocycles. The van der Waals surface area contributed by atoms with Crippen LogP contribution in [-0.2, 0) is 6.54 Å². The van der Waals surface area contributed by atoms with Gasteiger partial charge >= 0.3 is 0 Å². The lowest BCUT2D eigenvalue weighted by atomic mass is 10.2. The molecule has 13 heavy (non-hydrogen) atoms. The first-order valence-corrected chi connectivity index (χ1v) is 4.61. The predicted octanol–water partition coefficient (Wildman–Crippen LogP) is 2.38. The fourth-order valence-corrected chi connectivity index (χ4v) is 0.888. The van der Waals surface area contributed by atoms with Crippen molar-refractivity contribution in [2.45, 2.75) is 34.2 Å². The molecule has 0 spiro atoms. The van der Waals surface area contributed by atoms with Crippen LogP contribution in [0.4, 0.5) is 0 Å². The van der Waals surface area contributed by atoms with Gasteiger partial charge in [0.2, 0.25) is 0 Å². The van der Waals surface area contributed by atoms with Crippen LogP contribution in [0.15, 0.2) is 12.4 Å². The Morgan fingerprint density at radius 1 is 1.62 bits per heavy atom. The predicted molar refractivity (Wildman–Crippen MR) is 53.1 cm³/mol. The second-order valence-corrected chi connectivity index (χ2v) is 2.77. The van der Waals surface area contributed by atoms with E-state index in [1.54, 1.807) is 10.9 Å². The van der Waals surface area contributed by atoms with Crippen molar-refractivity contribution in [3.8, 4) is 6.07 Å². The summed E-state index contributed by atoms with van der Waals surface area (Å²) >= 11 is 0. The van der Waals surface area contributed by atoms with E-state index in [2.05, 4.69) is 11.2 Å². The molecular formula is C10H17N3. The summed E-state index contributed by atoms with van der Waals surface area (Å²) in [5.74, 6) is 0.0364. The molecule has 0 amide bonds. The molecule has 1 aromatic heterocycles. The fourth-order valence-electron chi connectivity index (χ4n) is 0.888. The van der Waals surface area contributed by atoms with E-state index in [1.165, 1.54) is 0 Å². The Labute approximate surface area is 80.0 Å². The number of nitriles is 1. The van der Waals surface area contributed by atoms with Crippen molar-refractivity contribution in [1.29, 1.82) is 5.26 Å². The lowest BCUT2D eigenvalue weighted by Gasteiger charge is -2.00. The molecule has 72 valence electrons. The Morgan fingerprint density at radius 3 is 2.62 bits per heavy atom. The molecule has 0 aliphatic rings. The van der Waals surface area contributed by atoms with Crippen LogP contribution in [-0.4, -0.2) is 9.78 Å². The maximum atomic E-state index is 8.51. The van der Waals surface area contributed by atoms with Crippen LogP contribution < -0.4 is 0 Å². The monoisotopic (exact) mass is 179 g/mol. The SMILES string of the molecule is CC.Cc1cnn(CC(C)C#N)c1. The molecule has 0 N–H and O–H groups in total. The van der Waals surface area contributed by atoms with Crippen molar-refractivity contribution < 1.29 is 0 Å². The van der Waals surface area contributed by atoms with Crippen molar-refractivity contribution in [2.24, 2.45) is 5.92 Å². The average Bonchev–Trinajstić information content (AvgIpc) is 2.54. The molecule has 0 fully saturated rings. The highest BCUT2D eigenvalue weighted by molar-refractivity contribution is 4.99. The summed E-state index contributed by atoms with van der Waals surface area (Å²) < 4.78 is 1.79. The van der Waals surface area contributed by atoms with Crippen molar-refractivity contribution >= 4 is 0 Å². The maximum absolute atomic E-state index is 8.51. The van der Waals surface area contributed by atoms with Gasteiger partial charge in [-0.1, -0.05) is 13.8 Å². The van der Waals surface area contributed by atoms with Gasteiger partial charge in [0.05, 0.1) is 24.7 Å². The number of aryl methyl sites for hydroxylation is 1. The first-order chi connectivity index (χ1) is 6.22. The van der Waals surface area contributed by atoms with Crippen LogP contribution in [0.2, 0.25) is 0 Å². The van der Waals surface area contributed by atoms with Crippen LogP contribution in [0.5, 0.6) is 0 Å². The van der Waals surface area contributed by atoms with E-state index < -0.39 is 0 Å². The molecule has 1 aromatic rings. The summed E-state index contributed by atoms with van der Waals surface area (Å²) in [5.41, 5.74) is 1.13. The number of nitrogens with zero attached hydrogens (tertiary/aromatic N) is 3.